The maximum absolute atomic E-state index is 9.71. The summed E-state index contributed by atoms with van der Waals surface area (Å²) >= 11 is 2.16. The van der Waals surface area contributed by atoms with Gasteiger partial charge >= 0.3 is 0 Å². The first-order valence-electron chi connectivity index (χ1n) is 5.04. The van der Waals surface area contributed by atoms with E-state index >= 15 is 0 Å². The smallest absolute Gasteiger partial charge is 0.0992 e. The van der Waals surface area contributed by atoms with Gasteiger partial charge in [0.1, 0.15) is 0 Å². The zero-order chi connectivity index (χ0) is 12.4. The summed E-state index contributed by atoms with van der Waals surface area (Å²) in [6, 6.07) is 7.26. The van der Waals surface area contributed by atoms with Crippen LogP contribution in [0, 0.1) is 14.9 Å². The Morgan fingerprint density at radius 1 is 1.53 bits per heavy atom. The van der Waals surface area contributed by atoms with E-state index in [2.05, 4.69) is 33.8 Å². The third kappa shape index (κ3) is 2.48. The fraction of sp³-hybridized carbons (Fsp3) is 0.167. The highest BCUT2D eigenvalue weighted by atomic mass is 127. The van der Waals surface area contributed by atoms with Gasteiger partial charge in [0, 0.05) is 11.8 Å². The van der Waals surface area contributed by atoms with E-state index in [1.165, 1.54) is 0 Å². The van der Waals surface area contributed by atoms with Crippen LogP contribution in [0.25, 0.3) is 5.69 Å². The number of rotatable bonds is 2. The van der Waals surface area contributed by atoms with Crippen LogP contribution in [0.1, 0.15) is 24.2 Å². The summed E-state index contributed by atoms with van der Waals surface area (Å²) in [5, 5.41) is 22.8. The molecule has 0 aliphatic heterocycles. The standard InChI is InChI=1S/C12H10IN3O/c1-8(17)11-3-2-9(5-14)4-12(11)16-7-10(13)6-15-16/h2-4,6-8,17H,1H3. The SMILES string of the molecule is CC(O)c1ccc(C#N)cc1-n1cc(I)cn1. The molecule has 1 aromatic carbocycles. The molecule has 0 aliphatic rings. The van der Waals surface area contributed by atoms with E-state index in [1.807, 2.05) is 6.20 Å². The van der Waals surface area contributed by atoms with Crippen LogP contribution >= 0.6 is 22.6 Å². The Morgan fingerprint density at radius 2 is 2.29 bits per heavy atom. The van der Waals surface area contributed by atoms with Crippen LogP contribution in [0.5, 0.6) is 0 Å². The molecule has 1 aromatic heterocycles. The first-order chi connectivity index (χ1) is 8.11. The number of aliphatic hydroxyl groups excluding tert-OH is 1. The molecule has 1 unspecified atom stereocenters. The molecule has 1 heterocycles. The number of nitriles is 1. The monoisotopic (exact) mass is 339 g/mol. The van der Waals surface area contributed by atoms with Gasteiger partial charge in [0.15, 0.2) is 0 Å². The molecule has 0 radical (unpaired) electrons. The third-order valence-corrected chi connectivity index (χ3v) is 2.96. The van der Waals surface area contributed by atoms with E-state index in [0.717, 1.165) is 14.8 Å². The molecule has 0 spiro atoms. The molecule has 0 bridgehead atoms. The molecular formula is C12H10IN3O. The summed E-state index contributed by atoms with van der Waals surface area (Å²) in [5.74, 6) is 0. The third-order valence-electron chi connectivity index (χ3n) is 2.41. The van der Waals surface area contributed by atoms with Crippen LogP contribution in [-0.2, 0) is 0 Å². The van der Waals surface area contributed by atoms with E-state index in [9.17, 15) is 5.11 Å². The molecule has 5 heteroatoms. The predicted molar refractivity (Wildman–Crippen MR) is 71.6 cm³/mol. The van der Waals surface area contributed by atoms with E-state index in [-0.39, 0.29) is 0 Å². The lowest BCUT2D eigenvalue weighted by Gasteiger charge is -2.12. The molecule has 17 heavy (non-hydrogen) atoms. The molecule has 2 rings (SSSR count). The molecule has 0 amide bonds. The number of aliphatic hydroxyl groups is 1. The summed E-state index contributed by atoms with van der Waals surface area (Å²) < 4.78 is 2.67. The van der Waals surface area contributed by atoms with Crippen molar-refractivity contribution in [3.8, 4) is 11.8 Å². The summed E-state index contributed by atoms with van der Waals surface area (Å²) in [5.41, 5.74) is 2.04. The van der Waals surface area contributed by atoms with Gasteiger partial charge in [0.05, 0.1) is 33.2 Å². The Labute approximate surface area is 113 Å². The lowest BCUT2D eigenvalue weighted by atomic mass is 10.1. The number of benzene rings is 1. The van der Waals surface area contributed by atoms with Gasteiger partial charge < -0.3 is 5.11 Å². The van der Waals surface area contributed by atoms with E-state index in [4.69, 9.17) is 5.26 Å². The maximum atomic E-state index is 9.71. The van der Waals surface area contributed by atoms with Crippen LogP contribution in [0.15, 0.2) is 30.6 Å². The van der Waals surface area contributed by atoms with E-state index < -0.39 is 6.10 Å². The molecule has 4 nitrogen and oxygen atoms in total. The molecule has 0 saturated heterocycles. The quantitative estimate of drug-likeness (QED) is 0.855. The van der Waals surface area contributed by atoms with Crippen molar-refractivity contribution in [1.82, 2.24) is 9.78 Å². The second kappa shape index (κ2) is 4.85. The van der Waals surface area contributed by atoms with Crippen molar-refractivity contribution in [3.63, 3.8) is 0 Å². The van der Waals surface area contributed by atoms with Crippen LogP contribution in [0.4, 0.5) is 0 Å². The first kappa shape index (κ1) is 12.1. The summed E-state index contributed by atoms with van der Waals surface area (Å²) in [6.07, 6.45) is 2.98. The van der Waals surface area contributed by atoms with Crippen molar-refractivity contribution in [1.29, 1.82) is 5.26 Å². The minimum atomic E-state index is -0.598. The molecule has 0 saturated carbocycles. The largest absolute Gasteiger partial charge is 0.389 e. The second-order valence-corrected chi connectivity index (χ2v) is 4.91. The lowest BCUT2D eigenvalue weighted by Crippen LogP contribution is -2.03. The highest BCUT2D eigenvalue weighted by Crippen LogP contribution is 2.23. The van der Waals surface area contributed by atoms with Gasteiger partial charge in [-0.2, -0.15) is 10.4 Å². The number of halogens is 1. The molecular weight excluding hydrogens is 329 g/mol. The van der Waals surface area contributed by atoms with Gasteiger partial charge in [-0.3, -0.25) is 0 Å². The van der Waals surface area contributed by atoms with Crippen molar-refractivity contribution >= 4 is 22.6 Å². The number of hydrogen-bond acceptors (Lipinski definition) is 3. The molecule has 1 atom stereocenters. The molecule has 0 fully saturated rings. The zero-order valence-corrected chi connectivity index (χ0v) is 11.3. The first-order valence-corrected chi connectivity index (χ1v) is 6.12. The van der Waals surface area contributed by atoms with Gasteiger partial charge in [-0.1, -0.05) is 6.07 Å². The summed E-state index contributed by atoms with van der Waals surface area (Å²) in [4.78, 5) is 0. The predicted octanol–water partition coefficient (Wildman–Crippen LogP) is 2.40. The number of hydrogen-bond donors (Lipinski definition) is 1. The average molecular weight is 339 g/mol. The van der Waals surface area contributed by atoms with Crippen molar-refractivity contribution in [2.24, 2.45) is 0 Å². The van der Waals surface area contributed by atoms with E-state index in [0.29, 0.717) is 5.56 Å². The Hall–Kier alpha value is -1.39. The molecule has 86 valence electrons. The topological polar surface area (TPSA) is 61.8 Å². The van der Waals surface area contributed by atoms with Crippen molar-refractivity contribution in [3.05, 3.63) is 45.3 Å². The Kier molecular flexibility index (Phi) is 3.45. The van der Waals surface area contributed by atoms with Crippen LogP contribution < -0.4 is 0 Å². The van der Waals surface area contributed by atoms with Gasteiger partial charge in [0.2, 0.25) is 0 Å². The van der Waals surface area contributed by atoms with Crippen molar-refractivity contribution in [2.45, 2.75) is 13.0 Å². The summed E-state index contributed by atoms with van der Waals surface area (Å²) in [7, 11) is 0. The lowest BCUT2D eigenvalue weighted by molar-refractivity contribution is 0.199. The molecule has 2 aromatic rings. The van der Waals surface area contributed by atoms with Crippen LogP contribution in [0.3, 0.4) is 0 Å². The highest BCUT2D eigenvalue weighted by Gasteiger charge is 2.11. The van der Waals surface area contributed by atoms with Gasteiger partial charge in [-0.05, 0) is 41.6 Å². The fourth-order valence-corrected chi connectivity index (χ4v) is 1.99. The normalized spacial score (nSPS) is 12.1. The molecule has 1 N–H and O–H groups in total. The minimum Gasteiger partial charge on any atom is -0.389 e. The second-order valence-electron chi connectivity index (χ2n) is 3.66. The Morgan fingerprint density at radius 3 is 2.82 bits per heavy atom. The average Bonchev–Trinajstić information content (AvgIpc) is 2.75. The fourth-order valence-electron chi connectivity index (χ4n) is 1.60. The van der Waals surface area contributed by atoms with Gasteiger partial charge in [0.25, 0.3) is 0 Å². The zero-order valence-electron chi connectivity index (χ0n) is 9.13. The maximum Gasteiger partial charge on any atom is 0.0992 e. The van der Waals surface area contributed by atoms with Gasteiger partial charge in [-0.25, -0.2) is 4.68 Å². The van der Waals surface area contributed by atoms with Crippen molar-refractivity contribution in [2.75, 3.05) is 0 Å². The van der Waals surface area contributed by atoms with Crippen LogP contribution in [-0.4, -0.2) is 14.9 Å². The van der Waals surface area contributed by atoms with Gasteiger partial charge in [-0.15, -0.1) is 0 Å². The highest BCUT2D eigenvalue weighted by molar-refractivity contribution is 14.1. The van der Waals surface area contributed by atoms with Crippen molar-refractivity contribution < 1.29 is 5.11 Å². The molecule has 0 aliphatic carbocycles. The summed E-state index contributed by atoms with van der Waals surface area (Å²) in [6.45, 7) is 1.69. The minimum absolute atomic E-state index is 0.551. The van der Waals surface area contributed by atoms with E-state index in [1.54, 1.807) is 36.0 Å². The Bertz CT molecular complexity index is 584. The number of nitrogens with zero attached hydrogens (tertiary/aromatic N) is 3. The van der Waals surface area contributed by atoms with Crippen LogP contribution in [0.2, 0.25) is 0 Å². The number of aromatic nitrogens is 2. The Balaban J connectivity index is 2.61.